The Hall–Kier alpha value is -2.48. The van der Waals surface area contributed by atoms with Crippen molar-refractivity contribution in [2.24, 2.45) is 0 Å². The van der Waals surface area contributed by atoms with E-state index in [2.05, 4.69) is 10.6 Å². The summed E-state index contributed by atoms with van der Waals surface area (Å²) in [5.41, 5.74) is 1.26. The summed E-state index contributed by atoms with van der Waals surface area (Å²) in [6, 6.07) is 10.2. The highest BCUT2D eigenvalue weighted by atomic mass is 16.5. The summed E-state index contributed by atoms with van der Waals surface area (Å²) < 4.78 is 5.15. The SMILES string of the molecule is COc1ccc(CCNC(=O)/C(C#N)=C\NC2CCCCCCCCCCC2)cc1. The van der Waals surface area contributed by atoms with Crippen LogP contribution in [0.2, 0.25) is 0 Å². The van der Waals surface area contributed by atoms with Crippen molar-refractivity contribution < 1.29 is 9.53 Å². The number of benzene rings is 1. The van der Waals surface area contributed by atoms with E-state index >= 15 is 0 Å². The number of carbonyl (C=O) groups is 1. The largest absolute Gasteiger partial charge is 0.497 e. The molecule has 1 aliphatic rings. The number of rotatable bonds is 7. The molecule has 0 bridgehead atoms. The maximum Gasteiger partial charge on any atom is 0.263 e. The molecule has 0 atom stereocenters. The number of nitrogens with one attached hydrogen (secondary N) is 2. The lowest BCUT2D eigenvalue weighted by atomic mass is 9.98. The molecule has 0 unspecified atom stereocenters. The van der Waals surface area contributed by atoms with E-state index in [-0.39, 0.29) is 11.5 Å². The molecule has 5 heteroatoms. The Balaban J connectivity index is 1.79. The Morgan fingerprint density at radius 2 is 1.60 bits per heavy atom. The van der Waals surface area contributed by atoms with Gasteiger partial charge in [-0.25, -0.2) is 0 Å². The number of carbonyl (C=O) groups excluding carboxylic acids is 1. The third-order valence-electron chi connectivity index (χ3n) is 5.79. The first-order valence-corrected chi connectivity index (χ1v) is 11.5. The summed E-state index contributed by atoms with van der Waals surface area (Å²) in [5, 5.41) is 15.6. The van der Waals surface area contributed by atoms with E-state index < -0.39 is 0 Å². The number of amides is 1. The molecular formula is C25H37N3O2. The molecule has 1 aromatic carbocycles. The zero-order valence-electron chi connectivity index (χ0n) is 18.4. The molecule has 30 heavy (non-hydrogen) atoms. The predicted molar refractivity (Wildman–Crippen MR) is 121 cm³/mol. The highest BCUT2D eigenvalue weighted by molar-refractivity contribution is 5.97. The zero-order valence-corrected chi connectivity index (χ0v) is 18.4. The lowest BCUT2D eigenvalue weighted by Gasteiger charge is -2.18. The van der Waals surface area contributed by atoms with Gasteiger partial charge in [-0.2, -0.15) is 5.26 Å². The lowest BCUT2D eigenvalue weighted by molar-refractivity contribution is -0.117. The minimum Gasteiger partial charge on any atom is -0.497 e. The first-order valence-electron chi connectivity index (χ1n) is 11.5. The van der Waals surface area contributed by atoms with Crippen LogP contribution in [0.15, 0.2) is 36.0 Å². The van der Waals surface area contributed by atoms with Gasteiger partial charge in [0, 0.05) is 18.8 Å². The van der Waals surface area contributed by atoms with Crippen molar-refractivity contribution in [2.45, 2.75) is 83.1 Å². The van der Waals surface area contributed by atoms with Gasteiger partial charge in [-0.3, -0.25) is 4.79 Å². The molecule has 1 fully saturated rings. The predicted octanol–water partition coefficient (Wildman–Crippen LogP) is 5.02. The normalized spacial score (nSPS) is 17.1. The quantitative estimate of drug-likeness (QED) is 0.488. The van der Waals surface area contributed by atoms with Crippen molar-refractivity contribution in [1.82, 2.24) is 10.6 Å². The third-order valence-corrected chi connectivity index (χ3v) is 5.79. The number of hydrogen-bond donors (Lipinski definition) is 2. The number of nitriles is 1. The standard InChI is InChI=1S/C25H37N3O2/c1-30-24-15-13-21(14-16-24)17-18-27-25(29)22(19-26)20-28-23-11-9-7-5-3-2-4-6-8-10-12-23/h13-16,20,23,28H,2-12,17-18H2,1H3,(H,27,29)/b22-20-. The smallest absolute Gasteiger partial charge is 0.263 e. The molecule has 0 saturated heterocycles. The molecule has 2 N–H and O–H groups in total. The molecule has 0 spiro atoms. The van der Waals surface area contributed by atoms with Crippen LogP contribution in [0.4, 0.5) is 0 Å². The molecule has 1 amide bonds. The average molecular weight is 412 g/mol. The van der Waals surface area contributed by atoms with Crippen LogP contribution in [0.25, 0.3) is 0 Å². The van der Waals surface area contributed by atoms with Crippen LogP contribution in [0.1, 0.15) is 76.2 Å². The van der Waals surface area contributed by atoms with Crippen LogP contribution in [0.5, 0.6) is 5.75 Å². The molecule has 0 aromatic heterocycles. The van der Waals surface area contributed by atoms with Gasteiger partial charge in [-0.15, -0.1) is 0 Å². The first-order chi connectivity index (χ1) is 14.7. The minimum atomic E-state index is -0.313. The van der Waals surface area contributed by atoms with E-state index in [1.807, 2.05) is 30.3 Å². The van der Waals surface area contributed by atoms with E-state index in [0.717, 1.165) is 24.2 Å². The summed E-state index contributed by atoms with van der Waals surface area (Å²) in [6.45, 7) is 0.494. The van der Waals surface area contributed by atoms with Crippen LogP contribution in [0.3, 0.4) is 0 Å². The molecule has 0 heterocycles. The van der Waals surface area contributed by atoms with Gasteiger partial charge >= 0.3 is 0 Å². The van der Waals surface area contributed by atoms with Crippen LogP contribution < -0.4 is 15.4 Å². The van der Waals surface area contributed by atoms with Crippen LogP contribution in [-0.2, 0) is 11.2 Å². The summed E-state index contributed by atoms with van der Waals surface area (Å²) in [6.07, 6.45) is 16.3. The van der Waals surface area contributed by atoms with E-state index in [0.29, 0.717) is 19.0 Å². The molecule has 1 aliphatic carbocycles. The van der Waals surface area contributed by atoms with Gasteiger partial charge in [-0.05, 0) is 37.0 Å². The topological polar surface area (TPSA) is 74.1 Å². The Morgan fingerprint density at radius 1 is 1.03 bits per heavy atom. The summed E-state index contributed by atoms with van der Waals surface area (Å²) in [5.74, 6) is 0.502. The monoisotopic (exact) mass is 411 g/mol. The second kappa shape index (κ2) is 14.5. The van der Waals surface area contributed by atoms with Gasteiger partial charge in [0.15, 0.2) is 0 Å². The van der Waals surface area contributed by atoms with Crippen molar-refractivity contribution in [3.05, 3.63) is 41.6 Å². The number of ether oxygens (including phenoxy) is 1. The fourth-order valence-electron chi connectivity index (χ4n) is 3.89. The minimum absolute atomic E-state index is 0.149. The van der Waals surface area contributed by atoms with Crippen molar-refractivity contribution in [3.63, 3.8) is 0 Å². The lowest BCUT2D eigenvalue weighted by Crippen LogP contribution is -2.30. The molecule has 164 valence electrons. The Bertz CT molecular complexity index is 679. The first kappa shape index (κ1) is 23.8. The van der Waals surface area contributed by atoms with Crippen molar-refractivity contribution >= 4 is 5.91 Å². The number of methoxy groups -OCH3 is 1. The fraction of sp³-hybridized carbons (Fsp3) is 0.600. The van der Waals surface area contributed by atoms with E-state index in [4.69, 9.17) is 4.74 Å². The molecule has 2 rings (SSSR count). The van der Waals surface area contributed by atoms with Crippen LogP contribution in [-0.4, -0.2) is 25.6 Å². The fourth-order valence-corrected chi connectivity index (χ4v) is 3.89. The number of nitrogens with zero attached hydrogens (tertiary/aromatic N) is 1. The second-order valence-corrected chi connectivity index (χ2v) is 8.15. The van der Waals surface area contributed by atoms with Gasteiger partial charge in [-0.1, -0.05) is 69.9 Å². The Labute approximate surface area is 181 Å². The molecule has 0 radical (unpaired) electrons. The summed E-state index contributed by atoms with van der Waals surface area (Å²) in [7, 11) is 1.64. The van der Waals surface area contributed by atoms with Gasteiger partial charge in [0.25, 0.3) is 5.91 Å². The van der Waals surface area contributed by atoms with Gasteiger partial charge in [0.1, 0.15) is 17.4 Å². The zero-order chi connectivity index (χ0) is 21.4. The molecule has 1 aromatic rings. The van der Waals surface area contributed by atoms with Gasteiger partial charge < -0.3 is 15.4 Å². The molecular weight excluding hydrogens is 374 g/mol. The Kier molecular flexibility index (Phi) is 11.5. The van der Waals surface area contributed by atoms with Crippen molar-refractivity contribution in [1.29, 1.82) is 5.26 Å². The molecule has 0 aliphatic heterocycles. The summed E-state index contributed by atoms with van der Waals surface area (Å²) in [4.78, 5) is 12.4. The van der Waals surface area contributed by atoms with Crippen LogP contribution >= 0.6 is 0 Å². The highest BCUT2D eigenvalue weighted by Crippen LogP contribution is 2.17. The third kappa shape index (κ3) is 9.35. The maximum absolute atomic E-state index is 12.4. The van der Waals surface area contributed by atoms with Crippen molar-refractivity contribution in [3.8, 4) is 11.8 Å². The van der Waals surface area contributed by atoms with Crippen LogP contribution in [0, 0.1) is 11.3 Å². The molecule has 1 saturated carbocycles. The highest BCUT2D eigenvalue weighted by Gasteiger charge is 2.12. The van der Waals surface area contributed by atoms with Gasteiger partial charge in [0.2, 0.25) is 0 Å². The van der Waals surface area contributed by atoms with E-state index in [1.165, 1.54) is 57.8 Å². The second-order valence-electron chi connectivity index (χ2n) is 8.15. The Morgan fingerprint density at radius 3 is 2.13 bits per heavy atom. The van der Waals surface area contributed by atoms with E-state index in [1.54, 1.807) is 13.3 Å². The summed E-state index contributed by atoms with van der Waals surface area (Å²) >= 11 is 0. The van der Waals surface area contributed by atoms with E-state index in [9.17, 15) is 10.1 Å². The van der Waals surface area contributed by atoms with Gasteiger partial charge in [0.05, 0.1) is 7.11 Å². The number of hydrogen-bond acceptors (Lipinski definition) is 4. The average Bonchev–Trinajstić information content (AvgIpc) is 2.76. The maximum atomic E-state index is 12.4. The molecule has 5 nitrogen and oxygen atoms in total. The van der Waals surface area contributed by atoms with Crippen molar-refractivity contribution in [2.75, 3.05) is 13.7 Å².